The van der Waals surface area contributed by atoms with E-state index in [1.54, 1.807) is 0 Å². The van der Waals surface area contributed by atoms with E-state index in [2.05, 4.69) is 28.9 Å². The average Bonchev–Trinajstić information content (AvgIpc) is 2.77. The van der Waals surface area contributed by atoms with Crippen molar-refractivity contribution in [3.8, 4) is 0 Å². The molecule has 0 bridgehead atoms. The van der Waals surface area contributed by atoms with Crippen LogP contribution < -0.4 is 5.73 Å². The second-order valence-electron chi connectivity index (χ2n) is 4.66. The molecule has 0 saturated carbocycles. The van der Waals surface area contributed by atoms with Gasteiger partial charge in [-0.1, -0.05) is 5.16 Å². The number of nitrogens with zero attached hydrogens (tertiary/aromatic N) is 3. The third kappa shape index (κ3) is 2.41. The van der Waals surface area contributed by atoms with Gasteiger partial charge in [0.05, 0.1) is 6.54 Å². The topological polar surface area (TPSA) is 68.2 Å². The molecule has 90 valence electrons. The summed E-state index contributed by atoms with van der Waals surface area (Å²) in [4.78, 5) is 6.78. The highest BCUT2D eigenvalue weighted by molar-refractivity contribution is 4.96. The predicted octanol–water partition coefficient (Wildman–Crippen LogP) is 1.12. The summed E-state index contributed by atoms with van der Waals surface area (Å²) in [6.07, 6.45) is 2.20. The molecule has 2 N–H and O–H groups in total. The Kier molecular flexibility index (Phi) is 3.56. The molecule has 0 radical (unpaired) electrons. The zero-order valence-corrected chi connectivity index (χ0v) is 10.0. The first kappa shape index (κ1) is 11.5. The fourth-order valence-electron chi connectivity index (χ4n) is 2.18. The van der Waals surface area contributed by atoms with Crippen LogP contribution in [0, 0.1) is 0 Å². The number of hydrogen-bond acceptors (Lipinski definition) is 5. The molecule has 0 atom stereocenters. The Bertz CT molecular complexity index is 328. The van der Waals surface area contributed by atoms with Gasteiger partial charge < -0.3 is 15.2 Å². The zero-order valence-electron chi connectivity index (χ0n) is 10.0. The van der Waals surface area contributed by atoms with Crippen LogP contribution in [0.3, 0.4) is 0 Å². The Hall–Kier alpha value is -0.940. The van der Waals surface area contributed by atoms with Crippen LogP contribution in [-0.2, 0) is 6.54 Å². The maximum absolute atomic E-state index is 5.46. The van der Waals surface area contributed by atoms with Gasteiger partial charge in [-0.2, -0.15) is 4.98 Å². The highest BCUT2D eigenvalue weighted by Crippen LogP contribution is 2.27. The van der Waals surface area contributed by atoms with Crippen LogP contribution >= 0.6 is 0 Å². The molecule has 0 amide bonds. The largest absolute Gasteiger partial charge is 0.339 e. The van der Waals surface area contributed by atoms with Crippen molar-refractivity contribution in [1.29, 1.82) is 0 Å². The number of likely N-dealkylation sites (tertiary alicyclic amines) is 1. The first-order chi connectivity index (χ1) is 7.70. The standard InChI is InChI=1S/C11H20N4O/c1-8(2)15-5-3-9(4-6-15)11-13-10(7-12)14-16-11/h8-9H,3-7,12H2,1-2H3. The highest BCUT2D eigenvalue weighted by Gasteiger charge is 2.25. The van der Waals surface area contributed by atoms with Crippen molar-refractivity contribution in [2.75, 3.05) is 13.1 Å². The Balaban J connectivity index is 1.93. The molecule has 1 saturated heterocycles. The van der Waals surface area contributed by atoms with Gasteiger partial charge in [-0.25, -0.2) is 0 Å². The van der Waals surface area contributed by atoms with E-state index in [1.807, 2.05) is 0 Å². The summed E-state index contributed by atoms with van der Waals surface area (Å²) in [5.74, 6) is 1.80. The Morgan fingerprint density at radius 3 is 2.62 bits per heavy atom. The number of aromatic nitrogens is 2. The minimum absolute atomic E-state index is 0.355. The molecule has 16 heavy (non-hydrogen) atoms. The minimum Gasteiger partial charge on any atom is -0.339 e. The molecule has 0 spiro atoms. The first-order valence-electron chi connectivity index (χ1n) is 5.97. The average molecular weight is 224 g/mol. The molecule has 2 heterocycles. The summed E-state index contributed by atoms with van der Waals surface area (Å²) in [6, 6.07) is 0.628. The molecule has 0 aromatic carbocycles. The van der Waals surface area contributed by atoms with Crippen molar-refractivity contribution in [3.63, 3.8) is 0 Å². The molecule has 1 aliphatic rings. The Morgan fingerprint density at radius 1 is 1.44 bits per heavy atom. The van der Waals surface area contributed by atoms with Crippen LogP contribution in [0.1, 0.15) is 44.3 Å². The number of hydrogen-bond donors (Lipinski definition) is 1. The number of nitrogens with two attached hydrogens (primary N) is 1. The van der Waals surface area contributed by atoms with E-state index in [-0.39, 0.29) is 0 Å². The molecular weight excluding hydrogens is 204 g/mol. The van der Waals surface area contributed by atoms with Gasteiger partial charge >= 0.3 is 0 Å². The van der Waals surface area contributed by atoms with Crippen molar-refractivity contribution in [2.24, 2.45) is 5.73 Å². The van der Waals surface area contributed by atoms with E-state index >= 15 is 0 Å². The molecule has 5 heteroatoms. The molecule has 2 rings (SSSR count). The summed E-state index contributed by atoms with van der Waals surface area (Å²) < 4.78 is 5.23. The van der Waals surface area contributed by atoms with Crippen molar-refractivity contribution < 1.29 is 4.52 Å². The molecular formula is C11H20N4O. The molecule has 1 aromatic rings. The minimum atomic E-state index is 0.355. The zero-order chi connectivity index (χ0) is 11.5. The van der Waals surface area contributed by atoms with Gasteiger partial charge in [-0.15, -0.1) is 0 Å². The van der Waals surface area contributed by atoms with Crippen molar-refractivity contribution in [2.45, 2.75) is 45.2 Å². The van der Waals surface area contributed by atoms with E-state index in [1.165, 1.54) is 0 Å². The van der Waals surface area contributed by atoms with Crippen molar-refractivity contribution in [3.05, 3.63) is 11.7 Å². The Labute approximate surface area is 96.0 Å². The lowest BCUT2D eigenvalue weighted by Gasteiger charge is -2.33. The second kappa shape index (κ2) is 4.93. The van der Waals surface area contributed by atoms with E-state index in [0.717, 1.165) is 31.8 Å². The monoisotopic (exact) mass is 224 g/mol. The lowest BCUT2D eigenvalue weighted by Crippen LogP contribution is -2.37. The first-order valence-corrected chi connectivity index (χ1v) is 5.97. The van der Waals surface area contributed by atoms with Crippen LogP contribution in [0.25, 0.3) is 0 Å². The third-order valence-electron chi connectivity index (χ3n) is 3.28. The van der Waals surface area contributed by atoms with Crippen LogP contribution in [-0.4, -0.2) is 34.2 Å². The number of rotatable bonds is 3. The maximum Gasteiger partial charge on any atom is 0.229 e. The predicted molar refractivity (Wildman–Crippen MR) is 60.9 cm³/mol. The van der Waals surface area contributed by atoms with Gasteiger partial charge in [0, 0.05) is 12.0 Å². The van der Waals surface area contributed by atoms with Crippen LogP contribution in [0.2, 0.25) is 0 Å². The van der Waals surface area contributed by atoms with Crippen molar-refractivity contribution >= 4 is 0 Å². The Morgan fingerprint density at radius 2 is 2.12 bits per heavy atom. The summed E-state index contributed by atoms with van der Waals surface area (Å²) in [5, 5.41) is 3.84. The van der Waals surface area contributed by atoms with Crippen LogP contribution in [0.4, 0.5) is 0 Å². The number of piperidine rings is 1. The van der Waals surface area contributed by atoms with Gasteiger partial charge in [0.1, 0.15) is 0 Å². The normalized spacial score (nSPS) is 19.5. The fourth-order valence-corrected chi connectivity index (χ4v) is 2.18. The SMILES string of the molecule is CC(C)N1CCC(c2nc(CN)no2)CC1. The van der Waals surface area contributed by atoms with Gasteiger partial charge in [0.25, 0.3) is 0 Å². The van der Waals surface area contributed by atoms with Crippen LogP contribution in [0.15, 0.2) is 4.52 Å². The molecule has 1 aromatic heterocycles. The van der Waals surface area contributed by atoms with Gasteiger partial charge in [-0.3, -0.25) is 0 Å². The summed E-state index contributed by atoms with van der Waals surface area (Å²) >= 11 is 0. The van der Waals surface area contributed by atoms with Gasteiger partial charge in [0.2, 0.25) is 5.89 Å². The van der Waals surface area contributed by atoms with E-state index in [9.17, 15) is 0 Å². The summed E-state index contributed by atoms with van der Waals surface area (Å²) in [6.45, 7) is 7.05. The second-order valence-corrected chi connectivity index (χ2v) is 4.66. The fraction of sp³-hybridized carbons (Fsp3) is 0.818. The van der Waals surface area contributed by atoms with E-state index < -0.39 is 0 Å². The quantitative estimate of drug-likeness (QED) is 0.833. The van der Waals surface area contributed by atoms with Gasteiger partial charge in [-0.05, 0) is 39.8 Å². The lowest BCUT2D eigenvalue weighted by atomic mass is 9.96. The lowest BCUT2D eigenvalue weighted by molar-refractivity contribution is 0.160. The molecule has 1 fully saturated rings. The third-order valence-corrected chi connectivity index (χ3v) is 3.28. The molecule has 0 aliphatic carbocycles. The molecule has 5 nitrogen and oxygen atoms in total. The summed E-state index contributed by atoms with van der Waals surface area (Å²) in [7, 11) is 0. The van der Waals surface area contributed by atoms with Gasteiger partial charge in [0.15, 0.2) is 5.82 Å². The van der Waals surface area contributed by atoms with Crippen molar-refractivity contribution in [1.82, 2.24) is 15.0 Å². The maximum atomic E-state index is 5.46. The van der Waals surface area contributed by atoms with Crippen LogP contribution in [0.5, 0.6) is 0 Å². The molecule has 0 unspecified atom stereocenters. The summed E-state index contributed by atoms with van der Waals surface area (Å²) in [5.41, 5.74) is 5.46. The van der Waals surface area contributed by atoms with E-state index in [0.29, 0.717) is 24.3 Å². The highest BCUT2D eigenvalue weighted by atomic mass is 16.5. The molecule has 1 aliphatic heterocycles. The smallest absolute Gasteiger partial charge is 0.229 e. The van der Waals surface area contributed by atoms with E-state index in [4.69, 9.17) is 10.3 Å².